The van der Waals surface area contributed by atoms with Crippen molar-refractivity contribution in [3.05, 3.63) is 35.9 Å². The van der Waals surface area contributed by atoms with E-state index in [1.807, 2.05) is 38.2 Å². The molecule has 2 atom stereocenters. The van der Waals surface area contributed by atoms with Crippen LogP contribution in [0.5, 0.6) is 0 Å². The normalized spacial score (nSPS) is 25.9. The molecule has 1 saturated heterocycles. The molecule has 3 heteroatoms. The zero-order chi connectivity index (χ0) is 10.0. The molecule has 0 unspecified atom stereocenters. The van der Waals surface area contributed by atoms with Crippen molar-refractivity contribution in [2.24, 2.45) is 0 Å². The first kappa shape index (κ1) is 9.75. The Hall–Kier alpha value is -0.795. The van der Waals surface area contributed by atoms with E-state index >= 15 is 0 Å². The zero-order valence-corrected chi connectivity index (χ0v) is 8.53. The molecule has 2 rings (SSSR count). The molecule has 1 aliphatic heterocycles. The van der Waals surface area contributed by atoms with E-state index < -0.39 is 5.50 Å². The van der Waals surface area contributed by atoms with Crippen LogP contribution in [-0.4, -0.2) is 25.5 Å². The van der Waals surface area contributed by atoms with E-state index in [1.54, 1.807) is 0 Å². The summed E-state index contributed by atoms with van der Waals surface area (Å²) in [6.45, 7) is 1.02. The molecule has 1 aliphatic rings. The van der Waals surface area contributed by atoms with Crippen molar-refractivity contribution in [1.82, 2.24) is 5.32 Å². The van der Waals surface area contributed by atoms with Crippen LogP contribution in [0.4, 0.5) is 0 Å². The molecule has 0 aromatic heterocycles. The molecular weight excluding hydrogens is 173 g/mol. The van der Waals surface area contributed by atoms with Crippen LogP contribution in [0.25, 0.3) is 0 Å². The van der Waals surface area contributed by atoms with Gasteiger partial charge in [0.05, 0.1) is 5.50 Å². The van der Waals surface area contributed by atoms with Gasteiger partial charge in [0.15, 0.2) is 7.85 Å². The number of hydrogen-bond acceptors (Lipinski definition) is 2. The highest BCUT2D eigenvalue weighted by Crippen LogP contribution is 2.26. The molecule has 1 aromatic carbocycles. The number of nitrogens with one attached hydrogen (secondary N) is 1. The van der Waals surface area contributed by atoms with Gasteiger partial charge in [-0.05, 0) is 24.9 Å². The van der Waals surface area contributed by atoms with Gasteiger partial charge in [-0.15, -0.1) is 0 Å². The van der Waals surface area contributed by atoms with Crippen LogP contribution in [0.15, 0.2) is 30.3 Å². The van der Waals surface area contributed by atoms with Crippen LogP contribution < -0.4 is 5.32 Å². The molecule has 0 saturated carbocycles. The summed E-state index contributed by atoms with van der Waals surface area (Å²) >= 11 is 0. The third-order valence-electron chi connectivity index (χ3n) is 3.10. The Balaban J connectivity index is 2.22. The second kappa shape index (κ2) is 3.75. The first-order valence-corrected chi connectivity index (χ1v) is 5.22. The van der Waals surface area contributed by atoms with Crippen LogP contribution in [0, 0.1) is 0 Å². The SMILES string of the molecule is B[C@@](O)(c1ccccc1)[C@@H]1CCCN1. The van der Waals surface area contributed by atoms with Crippen molar-refractivity contribution in [2.75, 3.05) is 6.54 Å². The Kier molecular flexibility index (Phi) is 2.61. The summed E-state index contributed by atoms with van der Waals surface area (Å²) in [4.78, 5) is 0. The highest BCUT2D eigenvalue weighted by Gasteiger charge is 2.34. The molecule has 2 N–H and O–H groups in total. The second-order valence-corrected chi connectivity index (χ2v) is 4.16. The Morgan fingerprint density at radius 2 is 2.07 bits per heavy atom. The maximum Gasteiger partial charge on any atom is 0.150 e. The smallest absolute Gasteiger partial charge is 0.150 e. The molecular formula is C11H16BNO. The Morgan fingerprint density at radius 3 is 2.64 bits per heavy atom. The summed E-state index contributed by atoms with van der Waals surface area (Å²) in [6, 6.07) is 10.1. The van der Waals surface area contributed by atoms with Crippen LogP contribution in [-0.2, 0) is 5.50 Å². The number of rotatable bonds is 2. The highest BCUT2D eigenvalue weighted by atomic mass is 16.3. The van der Waals surface area contributed by atoms with Crippen LogP contribution >= 0.6 is 0 Å². The number of hydrogen-bond donors (Lipinski definition) is 2. The second-order valence-electron chi connectivity index (χ2n) is 4.16. The van der Waals surface area contributed by atoms with Crippen LogP contribution in [0.3, 0.4) is 0 Å². The van der Waals surface area contributed by atoms with Gasteiger partial charge in [0, 0.05) is 6.04 Å². The minimum atomic E-state index is -0.738. The van der Waals surface area contributed by atoms with Gasteiger partial charge in [-0.3, -0.25) is 0 Å². The Bertz CT molecular complexity index is 293. The largest absolute Gasteiger partial charge is 0.393 e. The minimum Gasteiger partial charge on any atom is -0.393 e. The molecule has 14 heavy (non-hydrogen) atoms. The van der Waals surface area contributed by atoms with Crippen molar-refractivity contribution >= 4 is 7.85 Å². The van der Waals surface area contributed by atoms with E-state index in [1.165, 1.54) is 0 Å². The maximum atomic E-state index is 10.4. The van der Waals surface area contributed by atoms with Crippen LogP contribution in [0.1, 0.15) is 18.4 Å². The van der Waals surface area contributed by atoms with Crippen molar-refractivity contribution in [3.63, 3.8) is 0 Å². The quantitative estimate of drug-likeness (QED) is 0.652. The third kappa shape index (κ3) is 1.70. The molecule has 1 fully saturated rings. The van der Waals surface area contributed by atoms with Gasteiger partial charge in [-0.1, -0.05) is 30.3 Å². The van der Waals surface area contributed by atoms with Gasteiger partial charge in [-0.2, -0.15) is 0 Å². The molecule has 0 bridgehead atoms. The average Bonchev–Trinajstić information content (AvgIpc) is 2.72. The standard InChI is InChI=1S/C11H16BNO/c12-11(14,10-7-4-8-13-10)9-5-2-1-3-6-9/h1-3,5-6,10,13-14H,4,7-8,12H2/t10-,11+/m0/s1. The molecule has 0 radical (unpaired) electrons. The van der Waals surface area contributed by atoms with E-state index in [-0.39, 0.29) is 6.04 Å². The summed E-state index contributed by atoms with van der Waals surface area (Å²) in [5.41, 5.74) is 0.261. The lowest BCUT2D eigenvalue weighted by molar-refractivity contribution is 0.0887. The van der Waals surface area contributed by atoms with Gasteiger partial charge in [0.25, 0.3) is 0 Å². The van der Waals surface area contributed by atoms with Gasteiger partial charge in [0.2, 0.25) is 0 Å². The first-order chi connectivity index (χ1) is 6.71. The lowest BCUT2D eigenvalue weighted by Crippen LogP contribution is -2.45. The van der Waals surface area contributed by atoms with Gasteiger partial charge >= 0.3 is 0 Å². The molecule has 74 valence electrons. The van der Waals surface area contributed by atoms with Gasteiger partial charge in [0.1, 0.15) is 0 Å². The van der Waals surface area contributed by atoms with Crippen molar-refractivity contribution in [3.8, 4) is 0 Å². The first-order valence-electron chi connectivity index (χ1n) is 5.22. The number of aliphatic hydroxyl groups is 1. The molecule has 2 nitrogen and oxygen atoms in total. The Morgan fingerprint density at radius 1 is 1.36 bits per heavy atom. The van der Waals surface area contributed by atoms with Crippen molar-refractivity contribution in [2.45, 2.75) is 24.4 Å². The van der Waals surface area contributed by atoms with Gasteiger partial charge < -0.3 is 10.4 Å². The highest BCUT2D eigenvalue weighted by molar-refractivity contribution is 6.15. The van der Waals surface area contributed by atoms with E-state index in [2.05, 4.69) is 5.32 Å². The topological polar surface area (TPSA) is 32.3 Å². The van der Waals surface area contributed by atoms with Crippen LogP contribution in [0.2, 0.25) is 0 Å². The summed E-state index contributed by atoms with van der Waals surface area (Å²) in [5.74, 6) is 0. The fourth-order valence-corrected chi connectivity index (χ4v) is 2.14. The minimum absolute atomic E-state index is 0.199. The van der Waals surface area contributed by atoms with E-state index in [0.717, 1.165) is 24.9 Å². The molecule has 0 amide bonds. The summed E-state index contributed by atoms with van der Waals surface area (Å²) in [7, 11) is 1.89. The maximum absolute atomic E-state index is 10.4. The van der Waals surface area contributed by atoms with Crippen molar-refractivity contribution in [1.29, 1.82) is 0 Å². The van der Waals surface area contributed by atoms with Crippen molar-refractivity contribution < 1.29 is 5.11 Å². The fourth-order valence-electron chi connectivity index (χ4n) is 2.14. The summed E-state index contributed by atoms with van der Waals surface area (Å²) in [6.07, 6.45) is 2.22. The average molecular weight is 189 g/mol. The molecule has 1 heterocycles. The monoisotopic (exact) mass is 189 g/mol. The summed E-state index contributed by atoms with van der Waals surface area (Å²) < 4.78 is 0. The fraction of sp³-hybridized carbons (Fsp3) is 0.455. The lowest BCUT2D eigenvalue weighted by atomic mass is 9.70. The Labute approximate surface area is 85.7 Å². The van der Waals surface area contributed by atoms with Gasteiger partial charge in [-0.25, -0.2) is 0 Å². The lowest BCUT2D eigenvalue weighted by Gasteiger charge is -2.31. The predicted octanol–water partition coefficient (Wildman–Crippen LogP) is 0.217. The predicted molar refractivity (Wildman–Crippen MR) is 59.9 cm³/mol. The van der Waals surface area contributed by atoms with E-state index in [0.29, 0.717) is 0 Å². The molecule has 1 aromatic rings. The van der Waals surface area contributed by atoms with E-state index in [9.17, 15) is 5.11 Å². The third-order valence-corrected chi connectivity index (χ3v) is 3.10. The zero-order valence-electron chi connectivity index (χ0n) is 8.53. The summed E-state index contributed by atoms with van der Waals surface area (Å²) in [5, 5.41) is 13.8. The van der Waals surface area contributed by atoms with E-state index in [4.69, 9.17) is 0 Å². The molecule has 0 aliphatic carbocycles. The number of benzene rings is 1. The molecule has 0 spiro atoms.